The van der Waals surface area contributed by atoms with Crippen LogP contribution in [0.15, 0.2) is 41.1 Å². The van der Waals surface area contributed by atoms with Crippen LogP contribution >= 0.6 is 11.3 Å². The molecule has 4 nitrogen and oxygen atoms in total. The average molecular weight is 301 g/mol. The van der Waals surface area contributed by atoms with Crippen molar-refractivity contribution in [3.8, 4) is 0 Å². The van der Waals surface area contributed by atoms with E-state index in [-0.39, 0.29) is 12.3 Å². The summed E-state index contributed by atoms with van der Waals surface area (Å²) in [4.78, 5) is 25.4. The van der Waals surface area contributed by atoms with Crippen molar-refractivity contribution < 1.29 is 14.7 Å². The van der Waals surface area contributed by atoms with E-state index in [4.69, 9.17) is 0 Å². The Morgan fingerprint density at radius 3 is 2.67 bits per heavy atom. The van der Waals surface area contributed by atoms with Crippen LogP contribution in [0.2, 0.25) is 0 Å². The monoisotopic (exact) mass is 301 g/mol. The third-order valence-electron chi connectivity index (χ3n) is 3.79. The Morgan fingerprint density at radius 1 is 1.24 bits per heavy atom. The summed E-state index contributed by atoms with van der Waals surface area (Å²) in [6.07, 6.45) is 0.635. The van der Waals surface area contributed by atoms with Crippen molar-refractivity contribution in [1.82, 2.24) is 4.90 Å². The smallest absolute Gasteiger partial charge is 0.326 e. The second kappa shape index (κ2) is 5.69. The lowest BCUT2D eigenvalue weighted by atomic mass is 9.93. The quantitative estimate of drug-likeness (QED) is 0.946. The molecule has 5 heteroatoms. The van der Waals surface area contributed by atoms with Crippen molar-refractivity contribution in [3.63, 3.8) is 0 Å². The van der Waals surface area contributed by atoms with Gasteiger partial charge in [0.25, 0.3) is 0 Å². The van der Waals surface area contributed by atoms with Gasteiger partial charge in [-0.25, -0.2) is 4.79 Å². The molecule has 21 heavy (non-hydrogen) atoms. The molecule has 0 saturated heterocycles. The first-order valence-corrected chi connectivity index (χ1v) is 7.69. The minimum atomic E-state index is -0.942. The van der Waals surface area contributed by atoms with E-state index in [1.165, 1.54) is 16.2 Å². The predicted octanol–water partition coefficient (Wildman–Crippen LogP) is 2.33. The molecule has 2 aromatic rings. The third kappa shape index (κ3) is 2.83. The molecule has 0 radical (unpaired) electrons. The van der Waals surface area contributed by atoms with Crippen LogP contribution in [0.1, 0.15) is 16.7 Å². The number of carbonyl (C=O) groups is 2. The third-order valence-corrected chi connectivity index (χ3v) is 4.52. The number of carboxylic acid groups (broad SMARTS) is 1. The van der Waals surface area contributed by atoms with Gasteiger partial charge in [-0.1, -0.05) is 24.3 Å². The van der Waals surface area contributed by atoms with Crippen molar-refractivity contribution in [2.24, 2.45) is 0 Å². The molecule has 0 bridgehead atoms. The van der Waals surface area contributed by atoms with Crippen LogP contribution in [0.5, 0.6) is 0 Å². The molecule has 1 atom stereocenters. The zero-order chi connectivity index (χ0) is 14.8. The maximum absolute atomic E-state index is 12.5. The number of thiophene rings is 1. The fraction of sp³-hybridized carbons (Fsp3) is 0.250. The zero-order valence-electron chi connectivity index (χ0n) is 11.4. The molecule has 1 amide bonds. The van der Waals surface area contributed by atoms with Crippen LogP contribution < -0.4 is 0 Å². The Labute approximate surface area is 126 Å². The van der Waals surface area contributed by atoms with Gasteiger partial charge in [0.15, 0.2) is 0 Å². The highest BCUT2D eigenvalue weighted by molar-refractivity contribution is 7.08. The number of amides is 1. The molecule has 0 fully saturated rings. The summed E-state index contributed by atoms with van der Waals surface area (Å²) in [6.45, 7) is 0.371. The van der Waals surface area contributed by atoms with Crippen molar-refractivity contribution in [3.05, 3.63) is 57.8 Å². The van der Waals surface area contributed by atoms with E-state index in [0.717, 1.165) is 16.7 Å². The summed E-state index contributed by atoms with van der Waals surface area (Å²) in [6, 6.07) is 8.84. The first kappa shape index (κ1) is 13.8. The van der Waals surface area contributed by atoms with E-state index in [2.05, 4.69) is 0 Å². The Hall–Kier alpha value is -2.14. The number of nitrogens with zero attached hydrogens (tertiary/aromatic N) is 1. The van der Waals surface area contributed by atoms with Crippen molar-refractivity contribution in [2.75, 3.05) is 0 Å². The highest BCUT2D eigenvalue weighted by Crippen LogP contribution is 2.24. The van der Waals surface area contributed by atoms with Gasteiger partial charge in [-0.05, 0) is 33.5 Å². The summed E-state index contributed by atoms with van der Waals surface area (Å²) < 4.78 is 0. The maximum atomic E-state index is 12.5. The molecule has 108 valence electrons. The molecule has 0 spiro atoms. The summed E-state index contributed by atoms with van der Waals surface area (Å²) >= 11 is 1.54. The lowest BCUT2D eigenvalue weighted by Crippen LogP contribution is -2.49. The van der Waals surface area contributed by atoms with Crippen LogP contribution in [0.4, 0.5) is 0 Å². The molecular weight excluding hydrogens is 286 g/mol. The molecule has 1 aromatic heterocycles. The van der Waals surface area contributed by atoms with Gasteiger partial charge in [0, 0.05) is 13.0 Å². The minimum absolute atomic E-state index is 0.129. The number of hydrogen-bond donors (Lipinski definition) is 1. The number of rotatable bonds is 3. The van der Waals surface area contributed by atoms with Crippen LogP contribution in [-0.4, -0.2) is 27.9 Å². The van der Waals surface area contributed by atoms with Crippen LogP contribution in [-0.2, 0) is 29.0 Å². The van der Waals surface area contributed by atoms with Gasteiger partial charge in [0.2, 0.25) is 5.91 Å². The van der Waals surface area contributed by atoms with E-state index in [0.29, 0.717) is 13.0 Å². The normalized spacial score (nSPS) is 17.3. The summed E-state index contributed by atoms with van der Waals surface area (Å²) in [5, 5.41) is 13.3. The van der Waals surface area contributed by atoms with E-state index in [1.807, 2.05) is 41.1 Å². The fourth-order valence-electron chi connectivity index (χ4n) is 2.68. The van der Waals surface area contributed by atoms with Crippen LogP contribution in [0.25, 0.3) is 0 Å². The van der Waals surface area contributed by atoms with E-state index >= 15 is 0 Å². The van der Waals surface area contributed by atoms with E-state index in [9.17, 15) is 14.7 Å². The molecule has 2 heterocycles. The van der Waals surface area contributed by atoms with Crippen molar-refractivity contribution >= 4 is 23.2 Å². The van der Waals surface area contributed by atoms with Crippen LogP contribution in [0, 0.1) is 0 Å². The lowest BCUT2D eigenvalue weighted by molar-refractivity contribution is -0.151. The summed E-state index contributed by atoms with van der Waals surface area (Å²) in [7, 11) is 0. The molecular formula is C16H15NO3S. The molecule has 0 aliphatic carbocycles. The molecule has 0 saturated carbocycles. The van der Waals surface area contributed by atoms with Gasteiger partial charge in [0.1, 0.15) is 6.04 Å². The van der Waals surface area contributed by atoms with Gasteiger partial charge in [-0.15, -0.1) is 0 Å². The van der Waals surface area contributed by atoms with Crippen molar-refractivity contribution in [1.29, 1.82) is 0 Å². The highest BCUT2D eigenvalue weighted by Gasteiger charge is 2.34. The fourth-order valence-corrected chi connectivity index (χ4v) is 3.34. The van der Waals surface area contributed by atoms with Gasteiger partial charge in [-0.3, -0.25) is 4.79 Å². The Balaban J connectivity index is 1.85. The molecule has 1 N–H and O–H groups in total. The Morgan fingerprint density at radius 2 is 2.00 bits per heavy atom. The number of carboxylic acids is 1. The number of carbonyl (C=O) groups excluding carboxylic acids is 1. The number of aliphatic carboxylic acids is 1. The number of benzene rings is 1. The predicted molar refractivity (Wildman–Crippen MR) is 80.1 cm³/mol. The SMILES string of the molecule is O=C(O)C1Cc2ccccc2CN1C(=O)Cc1ccsc1. The Kier molecular flexibility index (Phi) is 3.75. The summed E-state index contributed by atoms with van der Waals surface area (Å²) in [5.41, 5.74) is 2.99. The van der Waals surface area contributed by atoms with Crippen LogP contribution in [0.3, 0.4) is 0 Å². The first-order chi connectivity index (χ1) is 10.1. The zero-order valence-corrected chi connectivity index (χ0v) is 12.2. The van der Waals surface area contributed by atoms with Crippen molar-refractivity contribution in [2.45, 2.75) is 25.4 Å². The number of hydrogen-bond acceptors (Lipinski definition) is 3. The standard InChI is InChI=1S/C16H15NO3S/c18-15(7-11-5-6-21-10-11)17-9-13-4-2-1-3-12(13)8-14(17)16(19)20/h1-6,10,14H,7-9H2,(H,19,20). The molecule has 1 aliphatic rings. The van der Waals surface area contributed by atoms with Gasteiger partial charge in [0.05, 0.1) is 6.42 Å². The largest absolute Gasteiger partial charge is 0.480 e. The lowest BCUT2D eigenvalue weighted by Gasteiger charge is -2.34. The van der Waals surface area contributed by atoms with E-state index in [1.54, 1.807) is 0 Å². The second-order valence-electron chi connectivity index (χ2n) is 5.16. The first-order valence-electron chi connectivity index (χ1n) is 6.75. The van der Waals surface area contributed by atoms with E-state index < -0.39 is 12.0 Å². The molecule has 1 aromatic carbocycles. The average Bonchev–Trinajstić information content (AvgIpc) is 2.98. The molecule has 1 unspecified atom stereocenters. The van der Waals surface area contributed by atoms with Gasteiger partial charge >= 0.3 is 5.97 Å². The topological polar surface area (TPSA) is 57.6 Å². The maximum Gasteiger partial charge on any atom is 0.326 e. The van der Waals surface area contributed by atoms with Gasteiger partial charge < -0.3 is 10.0 Å². The second-order valence-corrected chi connectivity index (χ2v) is 5.94. The minimum Gasteiger partial charge on any atom is -0.480 e. The molecule has 3 rings (SSSR count). The van der Waals surface area contributed by atoms with Gasteiger partial charge in [-0.2, -0.15) is 11.3 Å². The summed E-state index contributed by atoms with van der Waals surface area (Å²) in [5.74, 6) is -1.07. The number of fused-ring (bicyclic) bond motifs is 1. The highest BCUT2D eigenvalue weighted by atomic mass is 32.1. The Bertz CT molecular complexity index is 666. The molecule has 1 aliphatic heterocycles.